The summed E-state index contributed by atoms with van der Waals surface area (Å²) < 4.78 is 39.4. The van der Waals surface area contributed by atoms with Crippen LogP contribution < -0.4 is 0 Å². The molecule has 144 valence electrons. The van der Waals surface area contributed by atoms with Crippen LogP contribution in [-0.2, 0) is 21.7 Å². The lowest BCUT2D eigenvalue weighted by Crippen LogP contribution is -2.49. The van der Waals surface area contributed by atoms with Crippen LogP contribution in [0.1, 0.15) is 23.6 Å². The third kappa shape index (κ3) is 4.34. The zero-order valence-electron chi connectivity index (χ0n) is 15.8. The number of ether oxygens (including phenoxy) is 2. The molecule has 0 spiro atoms. The molecule has 1 saturated heterocycles. The van der Waals surface area contributed by atoms with E-state index < -0.39 is 11.4 Å². The van der Waals surface area contributed by atoms with Gasteiger partial charge < -0.3 is 14.4 Å². The van der Waals surface area contributed by atoms with Crippen LogP contribution in [0.15, 0.2) is 41.4 Å². The zero-order chi connectivity index (χ0) is 19.4. The number of hydrogen-bond donors (Lipinski definition) is 0. The van der Waals surface area contributed by atoms with Gasteiger partial charge in [-0.25, -0.2) is 13.8 Å². The lowest BCUT2D eigenvalue weighted by molar-refractivity contribution is -0.223. The summed E-state index contributed by atoms with van der Waals surface area (Å²) in [6.45, 7) is 5.59. The fourth-order valence-electron chi connectivity index (χ4n) is 2.95. The van der Waals surface area contributed by atoms with Gasteiger partial charge in [0.05, 0.1) is 26.2 Å². The maximum Gasteiger partial charge on any atom is 0.149 e. The van der Waals surface area contributed by atoms with Gasteiger partial charge >= 0.3 is 0 Å². The molecule has 0 amide bonds. The van der Waals surface area contributed by atoms with Gasteiger partial charge in [-0.2, -0.15) is 0 Å². The Bertz CT molecular complexity index is 835. The molecule has 1 aliphatic heterocycles. The van der Waals surface area contributed by atoms with Crippen molar-refractivity contribution in [3.63, 3.8) is 0 Å². The molecule has 1 aliphatic rings. The van der Waals surface area contributed by atoms with Crippen LogP contribution in [0.2, 0.25) is 0 Å². The summed E-state index contributed by atoms with van der Waals surface area (Å²) in [4.78, 5) is 6.09. The van der Waals surface area contributed by atoms with Crippen molar-refractivity contribution < 1.29 is 18.3 Å². The van der Waals surface area contributed by atoms with Crippen molar-refractivity contribution in [2.75, 3.05) is 26.8 Å². The summed E-state index contributed by atoms with van der Waals surface area (Å²) in [7, 11) is 1.88. The van der Waals surface area contributed by atoms with E-state index in [0.29, 0.717) is 13.2 Å². The quantitative estimate of drug-likeness (QED) is 0.534. The number of hydrogen-bond acceptors (Lipinski definition) is 3. The molecule has 3 rings (SSSR count). The SMILES string of the molecule is CCN(C)C=Nc1cc(C)c(C2(OCc3cccc(F)c3)COC2)cc1F. The molecule has 6 heteroatoms. The van der Waals surface area contributed by atoms with E-state index in [2.05, 4.69) is 4.99 Å². The van der Waals surface area contributed by atoms with Crippen molar-refractivity contribution in [2.24, 2.45) is 4.99 Å². The van der Waals surface area contributed by atoms with Crippen LogP contribution >= 0.6 is 0 Å². The Hall–Kier alpha value is -2.31. The molecule has 1 fully saturated rings. The molecule has 2 aromatic rings. The molecule has 4 nitrogen and oxygen atoms in total. The van der Waals surface area contributed by atoms with E-state index in [1.54, 1.807) is 24.5 Å². The Morgan fingerprint density at radius 1 is 1.26 bits per heavy atom. The van der Waals surface area contributed by atoms with Gasteiger partial charge in [0.15, 0.2) is 0 Å². The molecular weight excluding hydrogens is 350 g/mol. The van der Waals surface area contributed by atoms with E-state index in [0.717, 1.165) is 23.2 Å². The lowest BCUT2D eigenvalue weighted by atomic mass is 9.87. The highest BCUT2D eigenvalue weighted by Crippen LogP contribution is 2.38. The summed E-state index contributed by atoms with van der Waals surface area (Å²) >= 11 is 0. The standard InChI is InChI=1S/C21H24F2N2O2/c1-4-25(3)14-24-20-8-15(2)18(10-19(20)23)21(12-26-13-21)27-11-16-6-5-7-17(22)9-16/h5-10,14H,4,11-13H2,1-3H3. The summed E-state index contributed by atoms with van der Waals surface area (Å²) in [6.07, 6.45) is 1.61. The van der Waals surface area contributed by atoms with Gasteiger partial charge in [-0.15, -0.1) is 0 Å². The predicted octanol–water partition coefficient (Wildman–Crippen LogP) is 4.33. The molecule has 0 radical (unpaired) electrons. The minimum Gasteiger partial charge on any atom is -0.375 e. The number of aryl methyl sites for hydroxylation is 1. The van der Waals surface area contributed by atoms with E-state index in [1.807, 2.05) is 25.8 Å². The van der Waals surface area contributed by atoms with E-state index >= 15 is 0 Å². The van der Waals surface area contributed by atoms with Crippen LogP contribution in [-0.4, -0.2) is 38.0 Å². The third-order valence-corrected chi connectivity index (χ3v) is 4.75. The minimum absolute atomic E-state index is 0.226. The van der Waals surface area contributed by atoms with Crippen LogP contribution in [0.3, 0.4) is 0 Å². The molecule has 27 heavy (non-hydrogen) atoms. The van der Waals surface area contributed by atoms with Crippen LogP contribution in [0.4, 0.5) is 14.5 Å². The first-order chi connectivity index (χ1) is 12.9. The Balaban J connectivity index is 1.82. The second kappa shape index (κ2) is 8.15. The number of benzene rings is 2. The molecule has 0 aromatic heterocycles. The highest BCUT2D eigenvalue weighted by atomic mass is 19.1. The largest absolute Gasteiger partial charge is 0.375 e. The summed E-state index contributed by atoms with van der Waals surface area (Å²) in [5, 5.41) is 0. The Labute approximate surface area is 158 Å². The lowest BCUT2D eigenvalue weighted by Gasteiger charge is -2.42. The maximum absolute atomic E-state index is 14.6. The predicted molar refractivity (Wildman–Crippen MR) is 101 cm³/mol. The van der Waals surface area contributed by atoms with Gasteiger partial charge in [-0.1, -0.05) is 12.1 Å². The monoisotopic (exact) mass is 374 g/mol. The van der Waals surface area contributed by atoms with Gasteiger partial charge in [-0.05, 0) is 54.8 Å². The summed E-state index contributed by atoms with van der Waals surface area (Å²) in [5.74, 6) is -0.714. The van der Waals surface area contributed by atoms with Crippen LogP contribution in [0.5, 0.6) is 0 Å². The number of halogens is 2. The van der Waals surface area contributed by atoms with Crippen molar-refractivity contribution >= 4 is 12.0 Å². The average molecular weight is 374 g/mol. The second-order valence-corrected chi connectivity index (χ2v) is 6.84. The van der Waals surface area contributed by atoms with E-state index in [9.17, 15) is 8.78 Å². The fraction of sp³-hybridized carbons (Fsp3) is 0.381. The highest BCUT2D eigenvalue weighted by molar-refractivity contribution is 5.62. The normalized spacial score (nSPS) is 15.7. The van der Waals surface area contributed by atoms with Gasteiger partial charge in [0, 0.05) is 13.6 Å². The first kappa shape index (κ1) is 19.5. The van der Waals surface area contributed by atoms with E-state index in [-0.39, 0.29) is 18.1 Å². The fourth-order valence-corrected chi connectivity index (χ4v) is 2.95. The van der Waals surface area contributed by atoms with Crippen molar-refractivity contribution in [2.45, 2.75) is 26.1 Å². The smallest absolute Gasteiger partial charge is 0.149 e. The third-order valence-electron chi connectivity index (χ3n) is 4.75. The molecule has 0 N–H and O–H groups in total. The maximum atomic E-state index is 14.6. The number of aliphatic imine (C=N–C) groups is 1. The molecule has 0 aliphatic carbocycles. The molecule has 1 heterocycles. The number of rotatable bonds is 7. The van der Waals surface area contributed by atoms with Gasteiger partial charge in [0.2, 0.25) is 0 Å². The minimum atomic E-state index is -0.723. The molecule has 2 aromatic carbocycles. The van der Waals surface area contributed by atoms with Crippen molar-refractivity contribution in [1.29, 1.82) is 0 Å². The Morgan fingerprint density at radius 2 is 2.04 bits per heavy atom. The zero-order valence-corrected chi connectivity index (χ0v) is 15.8. The highest BCUT2D eigenvalue weighted by Gasteiger charge is 2.43. The number of nitrogens with zero attached hydrogens (tertiary/aromatic N) is 2. The van der Waals surface area contributed by atoms with Crippen LogP contribution in [0, 0.1) is 18.6 Å². The average Bonchev–Trinajstić information content (AvgIpc) is 2.61. The molecule has 0 bridgehead atoms. The van der Waals surface area contributed by atoms with Crippen molar-refractivity contribution in [3.05, 3.63) is 64.7 Å². The molecular formula is C21H24F2N2O2. The topological polar surface area (TPSA) is 34.1 Å². The van der Waals surface area contributed by atoms with Crippen LogP contribution in [0.25, 0.3) is 0 Å². The first-order valence-corrected chi connectivity index (χ1v) is 8.95. The van der Waals surface area contributed by atoms with Gasteiger partial charge in [0.25, 0.3) is 0 Å². The Kier molecular flexibility index (Phi) is 5.87. The van der Waals surface area contributed by atoms with E-state index in [1.165, 1.54) is 18.2 Å². The second-order valence-electron chi connectivity index (χ2n) is 6.84. The van der Waals surface area contributed by atoms with E-state index in [4.69, 9.17) is 9.47 Å². The van der Waals surface area contributed by atoms with Crippen molar-refractivity contribution in [1.82, 2.24) is 4.90 Å². The Morgan fingerprint density at radius 3 is 2.67 bits per heavy atom. The summed E-state index contributed by atoms with van der Waals surface area (Å²) in [6, 6.07) is 9.45. The summed E-state index contributed by atoms with van der Waals surface area (Å²) in [5.41, 5.74) is 1.91. The van der Waals surface area contributed by atoms with Crippen molar-refractivity contribution in [3.8, 4) is 0 Å². The molecule has 0 saturated carbocycles. The van der Waals surface area contributed by atoms with Gasteiger partial charge in [0.1, 0.15) is 22.9 Å². The molecule has 0 atom stereocenters. The first-order valence-electron chi connectivity index (χ1n) is 8.95. The molecule has 0 unspecified atom stereocenters. The van der Waals surface area contributed by atoms with Gasteiger partial charge in [-0.3, -0.25) is 0 Å².